The van der Waals surface area contributed by atoms with E-state index in [-0.39, 0.29) is 24.5 Å². The van der Waals surface area contributed by atoms with E-state index in [9.17, 15) is 9.59 Å². The SMILES string of the molecule is CCc1cc(CNC(=O)c2cccc3c2C(=O)N(C[C@H]2CCCO2)C3)on1. The molecule has 0 radical (unpaired) electrons. The first-order valence-electron chi connectivity index (χ1n) is 9.41. The molecule has 142 valence electrons. The number of hydrogen-bond donors (Lipinski definition) is 1. The lowest BCUT2D eigenvalue weighted by molar-refractivity contribution is 0.0544. The average Bonchev–Trinajstić information content (AvgIpc) is 3.41. The van der Waals surface area contributed by atoms with Crippen molar-refractivity contribution in [1.29, 1.82) is 0 Å². The molecule has 2 aliphatic rings. The second-order valence-electron chi connectivity index (χ2n) is 6.98. The van der Waals surface area contributed by atoms with Gasteiger partial charge in [0, 0.05) is 25.8 Å². The third-order valence-corrected chi connectivity index (χ3v) is 5.10. The fourth-order valence-electron chi connectivity index (χ4n) is 3.66. The highest BCUT2D eigenvalue weighted by atomic mass is 16.5. The third-order valence-electron chi connectivity index (χ3n) is 5.10. The highest BCUT2D eigenvalue weighted by Crippen LogP contribution is 2.27. The molecule has 0 unspecified atom stereocenters. The van der Waals surface area contributed by atoms with Gasteiger partial charge in [-0.1, -0.05) is 24.2 Å². The Morgan fingerprint density at radius 2 is 2.30 bits per heavy atom. The molecule has 1 saturated heterocycles. The van der Waals surface area contributed by atoms with Gasteiger partial charge in [0.1, 0.15) is 0 Å². The lowest BCUT2D eigenvalue weighted by Crippen LogP contribution is -2.33. The largest absolute Gasteiger partial charge is 0.376 e. The fourth-order valence-corrected chi connectivity index (χ4v) is 3.66. The zero-order valence-electron chi connectivity index (χ0n) is 15.4. The first kappa shape index (κ1) is 17.7. The van der Waals surface area contributed by atoms with Crippen molar-refractivity contribution >= 4 is 11.8 Å². The van der Waals surface area contributed by atoms with Crippen molar-refractivity contribution < 1.29 is 18.8 Å². The Morgan fingerprint density at radius 3 is 3.04 bits per heavy atom. The number of amides is 2. The van der Waals surface area contributed by atoms with E-state index in [1.807, 2.05) is 25.1 Å². The molecule has 7 heteroatoms. The van der Waals surface area contributed by atoms with Crippen LogP contribution in [0.3, 0.4) is 0 Å². The summed E-state index contributed by atoms with van der Waals surface area (Å²) in [6.07, 6.45) is 2.89. The molecule has 0 spiro atoms. The highest BCUT2D eigenvalue weighted by molar-refractivity contribution is 6.09. The van der Waals surface area contributed by atoms with Crippen molar-refractivity contribution in [3.63, 3.8) is 0 Å². The summed E-state index contributed by atoms with van der Waals surface area (Å²) in [6, 6.07) is 7.24. The van der Waals surface area contributed by atoms with Gasteiger partial charge in [0.05, 0.1) is 29.5 Å². The summed E-state index contributed by atoms with van der Waals surface area (Å²) in [5.41, 5.74) is 2.64. The molecular formula is C20H23N3O4. The first-order valence-corrected chi connectivity index (χ1v) is 9.41. The van der Waals surface area contributed by atoms with Crippen LogP contribution in [0.15, 0.2) is 28.8 Å². The second-order valence-corrected chi connectivity index (χ2v) is 6.98. The minimum Gasteiger partial charge on any atom is -0.376 e. The van der Waals surface area contributed by atoms with Gasteiger partial charge in [0.25, 0.3) is 11.8 Å². The zero-order chi connectivity index (χ0) is 18.8. The van der Waals surface area contributed by atoms with E-state index in [1.54, 1.807) is 11.0 Å². The summed E-state index contributed by atoms with van der Waals surface area (Å²) in [5, 5.41) is 6.74. The third kappa shape index (κ3) is 3.60. The van der Waals surface area contributed by atoms with Crippen molar-refractivity contribution in [1.82, 2.24) is 15.4 Å². The number of carbonyl (C=O) groups excluding carboxylic acids is 2. The molecule has 4 rings (SSSR count). The minimum atomic E-state index is -0.284. The Hall–Kier alpha value is -2.67. The normalized spacial score (nSPS) is 18.8. The second kappa shape index (κ2) is 7.52. The molecular weight excluding hydrogens is 346 g/mol. The molecule has 7 nitrogen and oxygen atoms in total. The van der Waals surface area contributed by atoms with Crippen molar-refractivity contribution in [2.24, 2.45) is 0 Å². The zero-order valence-corrected chi connectivity index (χ0v) is 15.4. The number of nitrogens with zero attached hydrogens (tertiary/aromatic N) is 2. The lowest BCUT2D eigenvalue weighted by atomic mass is 10.0. The van der Waals surface area contributed by atoms with Gasteiger partial charge in [-0.05, 0) is 30.9 Å². The molecule has 1 fully saturated rings. The van der Waals surface area contributed by atoms with Crippen molar-refractivity contribution in [2.75, 3.05) is 13.2 Å². The van der Waals surface area contributed by atoms with Crippen molar-refractivity contribution in [3.05, 3.63) is 52.4 Å². The van der Waals surface area contributed by atoms with Crippen LogP contribution in [0.4, 0.5) is 0 Å². The van der Waals surface area contributed by atoms with E-state index < -0.39 is 0 Å². The predicted octanol–water partition coefficient (Wildman–Crippen LogP) is 2.30. The van der Waals surface area contributed by atoms with Gasteiger partial charge < -0.3 is 19.5 Å². The van der Waals surface area contributed by atoms with Crippen molar-refractivity contribution in [3.8, 4) is 0 Å². The van der Waals surface area contributed by atoms with Gasteiger partial charge in [0.2, 0.25) is 0 Å². The van der Waals surface area contributed by atoms with Crippen LogP contribution in [0.25, 0.3) is 0 Å². The topological polar surface area (TPSA) is 84.7 Å². The van der Waals surface area contributed by atoms with E-state index >= 15 is 0 Å². The summed E-state index contributed by atoms with van der Waals surface area (Å²) >= 11 is 0. The molecule has 0 aliphatic carbocycles. The summed E-state index contributed by atoms with van der Waals surface area (Å²) in [5.74, 6) is 0.215. The maximum atomic E-state index is 12.9. The lowest BCUT2D eigenvalue weighted by Gasteiger charge is -2.19. The maximum Gasteiger partial charge on any atom is 0.255 e. The number of rotatable bonds is 6. The van der Waals surface area contributed by atoms with Gasteiger partial charge >= 0.3 is 0 Å². The molecule has 3 heterocycles. The summed E-state index contributed by atoms with van der Waals surface area (Å²) in [6.45, 7) is 4.09. The van der Waals surface area contributed by atoms with Gasteiger partial charge in [-0.25, -0.2) is 0 Å². The van der Waals surface area contributed by atoms with Gasteiger partial charge in [-0.3, -0.25) is 9.59 Å². The van der Waals surface area contributed by atoms with Gasteiger partial charge in [-0.15, -0.1) is 0 Å². The number of aryl methyl sites for hydroxylation is 1. The number of fused-ring (bicyclic) bond motifs is 1. The monoisotopic (exact) mass is 369 g/mol. The van der Waals surface area contributed by atoms with Crippen molar-refractivity contribution in [2.45, 2.75) is 45.4 Å². The summed E-state index contributed by atoms with van der Waals surface area (Å²) in [7, 11) is 0. The van der Waals surface area contributed by atoms with Gasteiger partial charge in [-0.2, -0.15) is 0 Å². The first-order chi connectivity index (χ1) is 13.2. The summed E-state index contributed by atoms with van der Waals surface area (Å²) < 4.78 is 10.8. The predicted molar refractivity (Wildman–Crippen MR) is 97.2 cm³/mol. The van der Waals surface area contributed by atoms with Crippen LogP contribution in [-0.4, -0.2) is 41.1 Å². The molecule has 1 aromatic carbocycles. The Labute approximate surface area is 157 Å². The molecule has 27 heavy (non-hydrogen) atoms. The molecule has 2 aliphatic heterocycles. The summed E-state index contributed by atoms with van der Waals surface area (Å²) in [4.78, 5) is 27.3. The fraction of sp³-hybridized carbons (Fsp3) is 0.450. The number of aromatic nitrogens is 1. The van der Waals surface area contributed by atoms with Crippen LogP contribution in [0.5, 0.6) is 0 Å². The van der Waals surface area contributed by atoms with Gasteiger partial charge in [0.15, 0.2) is 5.76 Å². The van der Waals surface area contributed by atoms with Crippen LogP contribution < -0.4 is 5.32 Å². The molecule has 1 atom stereocenters. The highest BCUT2D eigenvalue weighted by Gasteiger charge is 2.33. The van der Waals surface area contributed by atoms with Crippen LogP contribution in [0.2, 0.25) is 0 Å². The van der Waals surface area contributed by atoms with Crippen LogP contribution in [-0.2, 0) is 24.2 Å². The van der Waals surface area contributed by atoms with E-state index in [4.69, 9.17) is 9.26 Å². The van der Waals surface area contributed by atoms with Crippen LogP contribution in [0.1, 0.15) is 57.5 Å². The number of hydrogen-bond acceptors (Lipinski definition) is 5. The minimum absolute atomic E-state index is 0.0970. The van der Waals surface area contributed by atoms with Crippen LogP contribution in [0, 0.1) is 0 Å². The average molecular weight is 369 g/mol. The van der Waals surface area contributed by atoms with E-state index in [0.717, 1.165) is 37.1 Å². The number of benzene rings is 1. The Bertz CT molecular complexity index is 855. The number of nitrogens with one attached hydrogen (secondary N) is 1. The van der Waals surface area contributed by atoms with Crippen LogP contribution >= 0.6 is 0 Å². The molecule has 0 bridgehead atoms. The Kier molecular flexibility index (Phi) is 4.94. The smallest absolute Gasteiger partial charge is 0.255 e. The molecule has 2 amide bonds. The van der Waals surface area contributed by atoms with E-state index in [0.29, 0.717) is 30.0 Å². The molecule has 2 aromatic rings. The molecule has 0 saturated carbocycles. The Morgan fingerprint density at radius 1 is 1.41 bits per heavy atom. The molecule has 1 N–H and O–H groups in total. The van der Waals surface area contributed by atoms with E-state index in [1.165, 1.54) is 0 Å². The molecule has 1 aromatic heterocycles. The maximum absolute atomic E-state index is 12.9. The standard InChI is InChI=1S/C20H23N3O4/c1-2-14-9-16(27-22-14)10-21-19(24)17-7-3-5-13-11-23(20(25)18(13)17)12-15-6-4-8-26-15/h3,5,7,9,15H,2,4,6,8,10-12H2,1H3,(H,21,24)/t15-/m1/s1. The number of ether oxygens (including phenoxy) is 1. The number of carbonyl (C=O) groups is 2. The quantitative estimate of drug-likeness (QED) is 0.845. The Balaban J connectivity index is 1.46. The van der Waals surface area contributed by atoms with E-state index in [2.05, 4.69) is 10.5 Å².